The zero-order valence-electron chi connectivity index (χ0n) is 16.1. The number of aromatic hydroxyl groups is 2. The minimum Gasteiger partial charge on any atom is -0.506 e. The molecule has 2 heterocycles. The van der Waals surface area contributed by atoms with E-state index in [1.165, 1.54) is 24.3 Å². The van der Waals surface area contributed by atoms with E-state index in [0.717, 1.165) is 12.2 Å². The molecule has 0 saturated heterocycles. The van der Waals surface area contributed by atoms with Gasteiger partial charge >= 0.3 is 11.3 Å². The van der Waals surface area contributed by atoms with E-state index in [1.54, 1.807) is 24.3 Å². The van der Waals surface area contributed by atoms with Gasteiger partial charge in [-0.05, 0) is 36.4 Å². The molecule has 0 aliphatic heterocycles. The predicted molar refractivity (Wildman–Crippen MR) is 114 cm³/mol. The number of para-hydroxylation sites is 2. The highest BCUT2D eigenvalue weighted by Crippen LogP contribution is 2.36. The molecule has 8 heteroatoms. The van der Waals surface area contributed by atoms with Crippen molar-refractivity contribution < 1.29 is 28.6 Å². The highest BCUT2D eigenvalue weighted by Gasteiger charge is 2.31. The van der Waals surface area contributed by atoms with E-state index in [9.17, 15) is 29.4 Å². The van der Waals surface area contributed by atoms with Crippen LogP contribution in [0.2, 0.25) is 0 Å². The van der Waals surface area contributed by atoms with Crippen LogP contribution in [-0.4, -0.2) is 21.8 Å². The molecule has 0 spiro atoms. The number of benzene rings is 2. The van der Waals surface area contributed by atoms with E-state index >= 15 is 0 Å². The molecule has 8 nitrogen and oxygen atoms in total. The molecule has 1 aliphatic carbocycles. The molecule has 1 aliphatic rings. The number of ketones is 2. The third kappa shape index (κ3) is 2.78. The Kier molecular flexibility index (Phi) is 4.16. The number of allylic oxidation sites excluding steroid dienone is 4. The SMILES string of the molecule is O=C1C=C(c2c(O)c3ccccc3oc2=O)C(=O)C=C1c1c(O)c2ccccc2oc1=O. The molecule has 0 atom stereocenters. The monoisotopic (exact) mass is 428 g/mol. The van der Waals surface area contributed by atoms with Crippen LogP contribution < -0.4 is 11.3 Å². The van der Waals surface area contributed by atoms with Crippen molar-refractivity contribution in [2.24, 2.45) is 0 Å². The van der Waals surface area contributed by atoms with Crippen LogP contribution in [0.25, 0.3) is 33.1 Å². The fraction of sp³-hybridized carbons (Fsp3) is 0. The first-order valence-corrected chi connectivity index (χ1v) is 9.39. The molecule has 2 N–H and O–H groups in total. The van der Waals surface area contributed by atoms with E-state index in [2.05, 4.69) is 0 Å². The van der Waals surface area contributed by atoms with E-state index in [1.807, 2.05) is 0 Å². The number of rotatable bonds is 2. The van der Waals surface area contributed by atoms with E-state index in [0.29, 0.717) is 0 Å². The topological polar surface area (TPSA) is 135 Å². The van der Waals surface area contributed by atoms with Crippen LogP contribution in [0.1, 0.15) is 11.1 Å². The molecule has 0 amide bonds. The molecule has 0 unspecified atom stereocenters. The smallest absolute Gasteiger partial charge is 0.348 e. The molecule has 2 aromatic carbocycles. The fourth-order valence-electron chi connectivity index (χ4n) is 3.69. The van der Waals surface area contributed by atoms with Crippen LogP contribution >= 0.6 is 0 Å². The van der Waals surface area contributed by atoms with Crippen LogP contribution in [-0.2, 0) is 9.59 Å². The number of carbonyl (C=O) groups excluding carboxylic acids is 2. The third-order valence-corrected chi connectivity index (χ3v) is 5.19. The van der Waals surface area contributed by atoms with E-state index in [-0.39, 0.29) is 33.1 Å². The van der Waals surface area contributed by atoms with Crippen LogP contribution in [0.4, 0.5) is 0 Å². The van der Waals surface area contributed by atoms with Gasteiger partial charge in [0.05, 0.1) is 10.8 Å². The van der Waals surface area contributed by atoms with Gasteiger partial charge in [-0.3, -0.25) is 9.59 Å². The molecule has 2 aromatic heterocycles. The van der Waals surface area contributed by atoms with Crippen LogP contribution in [0.15, 0.2) is 79.1 Å². The Hall–Kier alpha value is -4.72. The molecule has 4 aromatic rings. The number of fused-ring (bicyclic) bond motifs is 2. The Morgan fingerprint density at radius 2 is 0.938 bits per heavy atom. The number of hydrogen-bond acceptors (Lipinski definition) is 8. The Bertz CT molecular complexity index is 1540. The number of carbonyl (C=O) groups is 2. The van der Waals surface area contributed by atoms with Crippen molar-refractivity contribution >= 4 is 44.7 Å². The maximum atomic E-state index is 12.8. The zero-order chi connectivity index (χ0) is 22.6. The van der Waals surface area contributed by atoms with Crippen molar-refractivity contribution in [3.63, 3.8) is 0 Å². The largest absolute Gasteiger partial charge is 0.506 e. The van der Waals surface area contributed by atoms with Crippen molar-refractivity contribution in [1.29, 1.82) is 0 Å². The summed E-state index contributed by atoms with van der Waals surface area (Å²) in [5.74, 6) is -2.67. The molecule has 5 rings (SSSR count). The summed E-state index contributed by atoms with van der Waals surface area (Å²) in [6, 6.07) is 12.4. The lowest BCUT2D eigenvalue weighted by molar-refractivity contribution is -0.112. The second kappa shape index (κ2) is 6.92. The summed E-state index contributed by atoms with van der Waals surface area (Å²) < 4.78 is 10.3. The quantitative estimate of drug-likeness (QED) is 0.368. The average Bonchev–Trinajstić information content (AvgIpc) is 2.76. The van der Waals surface area contributed by atoms with Gasteiger partial charge in [0, 0.05) is 11.1 Å². The molecular formula is C24H12O8. The molecule has 156 valence electrons. The average molecular weight is 428 g/mol. The van der Waals surface area contributed by atoms with Crippen molar-refractivity contribution in [3.05, 3.63) is 92.7 Å². The molecule has 0 fully saturated rings. The predicted octanol–water partition coefficient (Wildman–Crippen LogP) is 2.93. The Morgan fingerprint density at radius 1 is 0.562 bits per heavy atom. The first-order valence-electron chi connectivity index (χ1n) is 9.39. The van der Waals surface area contributed by atoms with Crippen LogP contribution in [0.3, 0.4) is 0 Å². The van der Waals surface area contributed by atoms with E-state index in [4.69, 9.17) is 8.83 Å². The van der Waals surface area contributed by atoms with Crippen molar-refractivity contribution in [3.8, 4) is 11.5 Å². The van der Waals surface area contributed by atoms with Crippen molar-refractivity contribution in [2.45, 2.75) is 0 Å². The lowest BCUT2D eigenvalue weighted by atomic mass is 9.88. The van der Waals surface area contributed by atoms with Gasteiger partial charge in [-0.25, -0.2) is 9.59 Å². The normalized spacial score (nSPS) is 14.0. The lowest BCUT2D eigenvalue weighted by Crippen LogP contribution is -2.20. The second-order valence-electron chi connectivity index (χ2n) is 7.06. The Balaban J connectivity index is 1.67. The zero-order valence-corrected chi connectivity index (χ0v) is 16.1. The maximum absolute atomic E-state index is 12.8. The minimum absolute atomic E-state index is 0.115. The third-order valence-electron chi connectivity index (χ3n) is 5.19. The van der Waals surface area contributed by atoms with Gasteiger partial charge < -0.3 is 19.0 Å². The van der Waals surface area contributed by atoms with Gasteiger partial charge in [-0.2, -0.15) is 0 Å². The van der Waals surface area contributed by atoms with Crippen LogP contribution in [0.5, 0.6) is 11.5 Å². The van der Waals surface area contributed by atoms with Gasteiger partial charge in [0.2, 0.25) is 0 Å². The molecular weight excluding hydrogens is 416 g/mol. The molecule has 0 saturated carbocycles. The van der Waals surface area contributed by atoms with Crippen molar-refractivity contribution in [2.75, 3.05) is 0 Å². The summed E-state index contributed by atoms with van der Waals surface area (Å²) >= 11 is 0. The Labute approximate surface area is 178 Å². The van der Waals surface area contributed by atoms with Gasteiger partial charge in [-0.15, -0.1) is 0 Å². The lowest BCUT2D eigenvalue weighted by Gasteiger charge is -2.14. The first-order chi connectivity index (χ1) is 15.4. The maximum Gasteiger partial charge on any atom is 0.348 e. The van der Waals surface area contributed by atoms with Gasteiger partial charge in [0.25, 0.3) is 0 Å². The van der Waals surface area contributed by atoms with E-state index < -0.39 is 45.4 Å². The van der Waals surface area contributed by atoms with Crippen LogP contribution in [0, 0.1) is 0 Å². The summed E-state index contributed by atoms with van der Waals surface area (Å²) in [6.07, 6.45) is 1.65. The minimum atomic E-state index is -1.00. The summed E-state index contributed by atoms with van der Waals surface area (Å²) in [7, 11) is 0. The fourth-order valence-corrected chi connectivity index (χ4v) is 3.69. The van der Waals surface area contributed by atoms with Gasteiger partial charge in [0.15, 0.2) is 11.6 Å². The second-order valence-corrected chi connectivity index (χ2v) is 7.06. The van der Waals surface area contributed by atoms with Gasteiger partial charge in [0.1, 0.15) is 33.8 Å². The highest BCUT2D eigenvalue weighted by molar-refractivity contribution is 6.44. The summed E-state index contributed by atoms with van der Waals surface area (Å²) in [5, 5.41) is 21.5. The summed E-state index contributed by atoms with van der Waals surface area (Å²) in [4.78, 5) is 50.6. The Morgan fingerprint density at radius 3 is 1.34 bits per heavy atom. The summed E-state index contributed by atoms with van der Waals surface area (Å²) in [5.41, 5.74) is -3.48. The first kappa shape index (κ1) is 19.3. The standard InChI is InChI=1S/C24H12O8/c25-15-10-14(20-22(28)12-6-2-4-8-18(12)32-24(20)30)16(26)9-13(15)19-21(27)11-5-1-3-7-17(11)31-23(19)29/h1-10,27-28H. The molecule has 0 bridgehead atoms. The molecule has 32 heavy (non-hydrogen) atoms. The summed E-state index contributed by atoms with van der Waals surface area (Å²) in [6.45, 7) is 0. The number of hydrogen-bond donors (Lipinski definition) is 2. The van der Waals surface area contributed by atoms with Gasteiger partial charge in [-0.1, -0.05) is 24.3 Å². The van der Waals surface area contributed by atoms with Crippen molar-refractivity contribution in [1.82, 2.24) is 0 Å². The molecule has 0 radical (unpaired) electrons. The highest BCUT2D eigenvalue weighted by atomic mass is 16.4.